The van der Waals surface area contributed by atoms with Gasteiger partial charge in [-0.2, -0.15) is 10.4 Å². The first-order valence-electron chi connectivity index (χ1n) is 4.79. The summed E-state index contributed by atoms with van der Waals surface area (Å²) >= 11 is 0. The zero-order valence-corrected chi connectivity index (χ0v) is 9.47. The molecule has 1 aromatic carbocycles. The Morgan fingerprint density at radius 1 is 1.67 bits per heavy atom. The number of hydrogen-bond acceptors (Lipinski definition) is 6. The van der Waals surface area contributed by atoms with Gasteiger partial charge in [0.05, 0.1) is 4.92 Å². The second kappa shape index (κ2) is 5.40. The number of hydrogen-bond donors (Lipinski definition) is 3. The molecule has 8 heteroatoms. The number of nitriles is 1. The fraction of sp³-hybridized carbons (Fsp3) is 0.100. The lowest BCUT2D eigenvalue weighted by atomic mass is 10.2. The zero-order chi connectivity index (χ0) is 13.7. The maximum absolute atomic E-state index is 10.8. The number of anilines is 1. The van der Waals surface area contributed by atoms with E-state index in [1.165, 1.54) is 6.07 Å². The lowest BCUT2D eigenvalue weighted by Crippen LogP contribution is -2.22. The number of rotatable bonds is 4. The fourth-order valence-electron chi connectivity index (χ4n) is 1.21. The van der Waals surface area contributed by atoms with Crippen LogP contribution in [-0.4, -0.2) is 16.5 Å². The van der Waals surface area contributed by atoms with Crippen LogP contribution in [0.5, 0.6) is 0 Å². The summed E-state index contributed by atoms with van der Waals surface area (Å²) in [5.74, 6) is -0.513. The highest BCUT2D eigenvalue weighted by Crippen LogP contribution is 2.27. The second-order valence-corrected chi connectivity index (χ2v) is 3.32. The maximum Gasteiger partial charge on any atom is 0.294 e. The van der Waals surface area contributed by atoms with Gasteiger partial charge in [-0.15, -0.1) is 0 Å². The summed E-state index contributed by atoms with van der Waals surface area (Å²) in [6.07, 6.45) is 0. The number of benzene rings is 1. The van der Waals surface area contributed by atoms with E-state index in [1.807, 2.05) is 0 Å². The lowest BCUT2D eigenvalue weighted by Gasteiger charge is -2.05. The minimum Gasteiger partial charge on any atom is -0.382 e. The number of nitrogens with one attached hydrogen (secondary N) is 2. The molecule has 0 fully saturated rings. The van der Waals surface area contributed by atoms with Crippen LogP contribution in [0.2, 0.25) is 0 Å². The molecule has 0 saturated heterocycles. The van der Waals surface area contributed by atoms with E-state index in [9.17, 15) is 10.1 Å². The maximum atomic E-state index is 10.8. The van der Waals surface area contributed by atoms with Crippen LogP contribution in [0.4, 0.5) is 11.4 Å². The minimum absolute atomic E-state index is 0.163. The van der Waals surface area contributed by atoms with E-state index < -0.39 is 10.8 Å². The van der Waals surface area contributed by atoms with Crippen molar-refractivity contribution in [2.75, 3.05) is 5.43 Å². The lowest BCUT2D eigenvalue weighted by molar-refractivity contribution is -0.384. The van der Waals surface area contributed by atoms with Gasteiger partial charge in [-0.1, -0.05) is 12.1 Å². The van der Waals surface area contributed by atoms with Gasteiger partial charge in [-0.25, -0.2) is 0 Å². The number of nitro benzene ring substituents is 1. The van der Waals surface area contributed by atoms with Gasteiger partial charge in [0.25, 0.3) is 5.69 Å². The molecule has 0 bridgehead atoms. The van der Waals surface area contributed by atoms with Crippen LogP contribution in [0.3, 0.4) is 0 Å². The highest BCUT2D eigenvalue weighted by atomic mass is 16.6. The van der Waals surface area contributed by atoms with Crippen molar-refractivity contribution in [2.45, 2.75) is 6.92 Å². The summed E-state index contributed by atoms with van der Waals surface area (Å²) in [6, 6.07) is 6.12. The van der Waals surface area contributed by atoms with Crippen molar-refractivity contribution in [3.63, 3.8) is 0 Å². The number of hydrazone groups is 1. The third-order valence-corrected chi connectivity index (χ3v) is 2.09. The Bertz CT molecular complexity index is 572. The van der Waals surface area contributed by atoms with Gasteiger partial charge < -0.3 is 5.73 Å². The van der Waals surface area contributed by atoms with E-state index in [-0.39, 0.29) is 17.1 Å². The molecule has 92 valence electrons. The highest BCUT2D eigenvalue weighted by molar-refractivity contribution is 6.45. The number of nitro groups is 1. The average Bonchev–Trinajstić information content (AvgIpc) is 2.30. The van der Waals surface area contributed by atoms with E-state index in [0.29, 0.717) is 5.56 Å². The molecule has 0 aliphatic heterocycles. The first-order chi connectivity index (χ1) is 8.47. The van der Waals surface area contributed by atoms with Crippen LogP contribution in [0.1, 0.15) is 5.56 Å². The third kappa shape index (κ3) is 2.79. The van der Waals surface area contributed by atoms with Gasteiger partial charge in [0.2, 0.25) is 5.71 Å². The fourth-order valence-corrected chi connectivity index (χ4v) is 1.21. The van der Waals surface area contributed by atoms with E-state index in [0.717, 1.165) is 0 Å². The molecule has 0 spiro atoms. The van der Waals surface area contributed by atoms with Crippen molar-refractivity contribution >= 4 is 22.9 Å². The van der Waals surface area contributed by atoms with Gasteiger partial charge in [-0.05, 0) is 12.5 Å². The van der Waals surface area contributed by atoms with Crippen molar-refractivity contribution in [1.29, 1.82) is 10.7 Å². The molecule has 1 aromatic rings. The van der Waals surface area contributed by atoms with Crippen LogP contribution in [0.25, 0.3) is 0 Å². The van der Waals surface area contributed by atoms with Crippen LogP contribution in [0.15, 0.2) is 23.3 Å². The van der Waals surface area contributed by atoms with Crippen molar-refractivity contribution < 1.29 is 4.92 Å². The monoisotopic (exact) mass is 246 g/mol. The molecule has 8 nitrogen and oxygen atoms in total. The van der Waals surface area contributed by atoms with Gasteiger partial charge in [-0.3, -0.25) is 20.9 Å². The molecule has 0 amide bonds. The molecule has 0 unspecified atom stereocenters. The Morgan fingerprint density at radius 2 is 2.33 bits per heavy atom. The number of amidine groups is 1. The standard InChI is InChI=1S/C10H10N6O2/c1-6-3-2-4-8(16(17)18)9(6)15-14-7(5-11)10(12)13/h2-4,15H,1H3,(H3,12,13)/b14-7+. The summed E-state index contributed by atoms with van der Waals surface area (Å²) < 4.78 is 0. The minimum atomic E-state index is -0.565. The van der Waals surface area contributed by atoms with Gasteiger partial charge >= 0.3 is 0 Å². The number of para-hydroxylation sites is 1. The van der Waals surface area contributed by atoms with Gasteiger partial charge in [0.15, 0.2) is 5.84 Å². The molecule has 0 aromatic heterocycles. The highest BCUT2D eigenvalue weighted by Gasteiger charge is 2.15. The molecule has 0 aliphatic rings. The summed E-state index contributed by atoms with van der Waals surface area (Å²) in [5.41, 5.74) is 7.75. The Balaban J connectivity index is 3.16. The number of aryl methyl sites for hydroxylation is 1. The Labute approximate surface area is 102 Å². The topological polar surface area (TPSA) is 141 Å². The first-order valence-corrected chi connectivity index (χ1v) is 4.79. The Kier molecular flexibility index (Phi) is 3.93. The second-order valence-electron chi connectivity index (χ2n) is 3.32. The Hall–Kier alpha value is -2.95. The molecule has 0 atom stereocenters. The van der Waals surface area contributed by atoms with Gasteiger partial charge in [0, 0.05) is 6.07 Å². The number of nitrogens with two attached hydrogens (primary N) is 1. The summed E-state index contributed by atoms with van der Waals surface area (Å²) in [5, 5.41) is 30.1. The predicted molar refractivity (Wildman–Crippen MR) is 66.4 cm³/mol. The van der Waals surface area contributed by atoms with Gasteiger partial charge in [0.1, 0.15) is 11.8 Å². The zero-order valence-electron chi connectivity index (χ0n) is 9.47. The molecule has 0 saturated carbocycles. The third-order valence-electron chi connectivity index (χ3n) is 2.09. The smallest absolute Gasteiger partial charge is 0.294 e. The van der Waals surface area contributed by atoms with Crippen LogP contribution >= 0.6 is 0 Å². The molecule has 1 rings (SSSR count). The van der Waals surface area contributed by atoms with E-state index in [1.54, 1.807) is 25.1 Å². The van der Waals surface area contributed by atoms with Crippen LogP contribution in [-0.2, 0) is 0 Å². The first kappa shape index (κ1) is 13.1. The van der Waals surface area contributed by atoms with Crippen molar-refractivity contribution in [3.8, 4) is 6.07 Å². The Morgan fingerprint density at radius 3 is 2.83 bits per heavy atom. The summed E-state index contributed by atoms with van der Waals surface area (Å²) in [7, 11) is 0. The quantitative estimate of drug-likeness (QED) is 0.316. The summed E-state index contributed by atoms with van der Waals surface area (Å²) in [6.45, 7) is 1.66. The normalized spacial score (nSPS) is 10.6. The molecule has 4 N–H and O–H groups in total. The largest absolute Gasteiger partial charge is 0.382 e. The van der Waals surface area contributed by atoms with Crippen LogP contribution < -0.4 is 11.2 Å². The molecule has 18 heavy (non-hydrogen) atoms. The van der Waals surface area contributed by atoms with Crippen molar-refractivity contribution in [1.82, 2.24) is 0 Å². The molecule has 0 heterocycles. The van der Waals surface area contributed by atoms with E-state index in [2.05, 4.69) is 10.5 Å². The number of nitrogens with zero attached hydrogens (tertiary/aromatic N) is 3. The molecular weight excluding hydrogens is 236 g/mol. The van der Waals surface area contributed by atoms with Crippen LogP contribution in [0, 0.1) is 33.8 Å². The molecular formula is C10H10N6O2. The summed E-state index contributed by atoms with van der Waals surface area (Å²) in [4.78, 5) is 10.2. The van der Waals surface area contributed by atoms with E-state index >= 15 is 0 Å². The molecule has 0 aliphatic carbocycles. The average molecular weight is 246 g/mol. The molecule has 0 radical (unpaired) electrons. The van der Waals surface area contributed by atoms with E-state index in [4.69, 9.17) is 16.4 Å². The van der Waals surface area contributed by atoms with Crippen molar-refractivity contribution in [3.05, 3.63) is 33.9 Å². The van der Waals surface area contributed by atoms with Crippen molar-refractivity contribution in [2.24, 2.45) is 10.8 Å². The SMILES string of the molecule is Cc1cccc([N+](=O)[O-])c1N/N=C(\C#N)C(=N)N. The predicted octanol–water partition coefficient (Wildman–Crippen LogP) is 1.13.